The van der Waals surface area contributed by atoms with Gasteiger partial charge in [-0.25, -0.2) is 13.1 Å². The second kappa shape index (κ2) is 4.80. The Kier molecular flexibility index (Phi) is 3.62. The molecule has 0 aromatic heterocycles. The number of benzene rings is 1. The predicted molar refractivity (Wildman–Crippen MR) is 77.5 cm³/mol. The molecule has 106 valence electrons. The third-order valence-electron chi connectivity index (χ3n) is 4.24. The second-order valence-corrected chi connectivity index (χ2v) is 7.71. The van der Waals surface area contributed by atoms with E-state index in [0.29, 0.717) is 12.2 Å². The van der Waals surface area contributed by atoms with Crippen molar-refractivity contribution < 1.29 is 8.42 Å². The number of nitrogen functional groups attached to an aromatic ring is 1. The van der Waals surface area contributed by atoms with E-state index in [1.165, 1.54) is 12.5 Å². The highest BCUT2D eigenvalue weighted by molar-refractivity contribution is 7.89. The molecule has 0 amide bonds. The SMILES string of the molecule is Cc1cc(S(=O)(=O)NCC2(C)CCC2)cc(N)c1C. The zero-order valence-electron chi connectivity index (χ0n) is 11.8. The average molecular weight is 282 g/mol. The molecule has 2 rings (SSSR count). The standard InChI is InChI=1S/C14H22N2O2S/c1-10-7-12(8-13(15)11(10)2)19(17,18)16-9-14(3)5-4-6-14/h7-8,16H,4-6,9,15H2,1-3H3. The number of aryl methyl sites for hydroxylation is 1. The van der Waals surface area contributed by atoms with E-state index in [-0.39, 0.29) is 10.3 Å². The normalized spacial score (nSPS) is 18.1. The van der Waals surface area contributed by atoms with E-state index >= 15 is 0 Å². The molecule has 1 fully saturated rings. The Morgan fingerprint density at radius 2 is 1.95 bits per heavy atom. The molecule has 0 atom stereocenters. The summed E-state index contributed by atoms with van der Waals surface area (Å²) in [6.07, 6.45) is 3.37. The number of nitrogens with one attached hydrogen (secondary N) is 1. The minimum atomic E-state index is -3.46. The van der Waals surface area contributed by atoms with Crippen LogP contribution in [0.25, 0.3) is 0 Å². The topological polar surface area (TPSA) is 72.2 Å². The van der Waals surface area contributed by atoms with Crippen LogP contribution in [0.4, 0.5) is 5.69 Å². The quantitative estimate of drug-likeness (QED) is 0.833. The fraction of sp³-hybridized carbons (Fsp3) is 0.571. The van der Waals surface area contributed by atoms with E-state index < -0.39 is 10.0 Å². The molecule has 0 heterocycles. The Bertz CT molecular complexity index is 566. The summed E-state index contributed by atoms with van der Waals surface area (Å²) in [6.45, 7) is 6.39. The molecule has 1 aliphatic carbocycles. The summed E-state index contributed by atoms with van der Waals surface area (Å²) in [4.78, 5) is 0.260. The van der Waals surface area contributed by atoms with Crippen molar-refractivity contribution in [2.24, 2.45) is 5.41 Å². The molecule has 1 aliphatic rings. The average Bonchev–Trinajstić information content (AvgIpc) is 2.30. The van der Waals surface area contributed by atoms with Crippen molar-refractivity contribution in [2.75, 3.05) is 12.3 Å². The maximum atomic E-state index is 12.3. The van der Waals surface area contributed by atoms with E-state index in [2.05, 4.69) is 11.6 Å². The van der Waals surface area contributed by atoms with Crippen LogP contribution < -0.4 is 10.5 Å². The summed E-state index contributed by atoms with van der Waals surface area (Å²) in [6, 6.07) is 3.21. The van der Waals surface area contributed by atoms with E-state index in [4.69, 9.17) is 5.73 Å². The predicted octanol–water partition coefficient (Wildman–Crippen LogP) is 2.35. The molecular weight excluding hydrogens is 260 g/mol. The molecule has 1 aromatic carbocycles. The summed E-state index contributed by atoms with van der Waals surface area (Å²) in [5.74, 6) is 0. The van der Waals surface area contributed by atoms with Crippen LogP contribution in [0.15, 0.2) is 17.0 Å². The molecule has 0 bridgehead atoms. The van der Waals surface area contributed by atoms with Gasteiger partial charge in [0.15, 0.2) is 0 Å². The van der Waals surface area contributed by atoms with Gasteiger partial charge in [0.2, 0.25) is 10.0 Å². The monoisotopic (exact) mass is 282 g/mol. The number of anilines is 1. The van der Waals surface area contributed by atoms with Gasteiger partial charge in [-0.2, -0.15) is 0 Å². The number of nitrogens with two attached hydrogens (primary N) is 1. The van der Waals surface area contributed by atoms with Crippen LogP contribution in [-0.4, -0.2) is 15.0 Å². The van der Waals surface area contributed by atoms with Crippen LogP contribution in [0.2, 0.25) is 0 Å². The first-order chi connectivity index (χ1) is 8.73. The largest absolute Gasteiger partial charge is 0.398 e. The van der Waals surface area contributed by atoms with Gasteiger partial charge in [0.05, 0.1) is 4.90 Å². The summed E-state index contributed by atoms with van der Waals surface area (Å²) in [7, 11) is -3.46. The van der Waals surface area contributed by atoms with Gasteiger partial charge < -0.3 is 5.73 Å². The minimum absolute atomic E-state index is 0.123. The van der Waals surface area contributed by atoms with Crippen LogP contribution in [-0.2, 0) is 10.0 Å². The Morgan fingerprint density at radius 1 is 1.32 bits per heavy atom. The molecule has 0 unspecified atom stereocenters. The molecule has 1 saturated carbocycles. The highest BCUT2D eigenvalue weighted by Gasteiger charge is 2.33. The van der Waals surface area contributed by atoms with Crippen LogP contribution >= 0.6 is 0 Å². The molecular formula is C14H22N2O2S. The zero-order chi connectivity index (χ0) is 14.3. The van der Waals surface area contributed by atoms with Crippen molar-refractivity contribution in [1.29, 1.82) is 0 Å². The first-order valence-electron chi connectivity index (χ1n) is 6.60. The van der Waals surface area contributed by atoms with Gasteiger partial charge in [-0.3, -0.25) is 0 Å². The van der Waals surface area contributed by atoms with E-state index in [0.717, 1.165) is 24.0 Å². The number of rotatable bonds is 4. The van der Waals surface area contributed by atoms with Crippen LogP contribution in [0, 0.1) is 19.3 Å². The number of hydrogen-bond donors (Lipinski definition) is 2. The fourth-order valence-electron chi connectivity index (χ4n) is 2.32. The number of hydrogen-bond acceptors (Lipinski definition) is 3. The van der Waals surface area contributed by atoms with E-state index in [1.807, 2.05) is 13.8 Å². The second-order valence-electron chi connectivity index (χ2n) is 5.94. The van der Waals surface area contributed by atoms with Gasteiger partial charge in [-0.05, 0) is 55.4 Å². The minimum Gasteiger partial charge on any atom is -0.398 e. The summed E-state index contributed by atoms with van der Waals surface area (Å²) >= 11 is 0. The lowest BCUT2D eigenvalue weighted by atomic mass is 9.71. The van der Waals surface area contributed by atoms with Gasteiger partial charge >= 0.3 is 0 Å². The third kappa shape index (κ3) is 2.92. The molecule has 4 nitrogen and oxygen atoms in total. The molecule has 19 heavy (non-hydrogen) atoms. The molecule has 0 saturated heterocycles. The highest BCUT2D eigenvalue weighted by atomic mass is 32.2. The van der Waals surface area contributed by atoms with Crippen LogP contribution in [0.3, 0.4) is 0 Å². The first-order valence-corrected chi connectivity index (χ1v) is 8.08. The summed E-state index contributed by atoms with van der Waals surface area (Å²) < 4.78 is 27.2. The molecule has 0 radical (unpaired) electrons. The number of sulfonamides is 1. The molecule has 0 aliphatic heterocycles. The Hall–Kier alpha value is -1.07. The van der Waals surface area contributed by atoms with Gasteiger partial charge in [0.1, 0.15) is 0 Å². The zero-order valence-corrected chi connectivity index (χ0v) is 12.6. The van der Waals surface area contributed by atoms with Crippen molar-refractivity contribution in [3.8, 4) is 0 Å². The Balaban J connectivity index is 2.19. The molecule has 3 N–H and O–H groups in total. The maximum Gasteiger partial charge on any atom is 0.240 e. The van der Waals surface area contributed by atoms with E-state index in [9.17, 15) is 8.42 Å². The van der Waals surface area contributed by atoms with Crippen LogP contribution in [0.1, 0.15) is 37.3 Å². The smallest absolute Gasteiger partial charge is 0.240 e. The van der Waals surface area contributed by atoms with Gasteiger partial charge in [0.25, 0.3) is 0 Å². The highest BCUT2D eigenvalue weighted by Crippen LogP contribution is 2.39. The van der Waals surface area contributed by atoms with E-state index in [1.54, 1.807) is 6.07 Å². The van der Waals surface area contributed by atoms with Gasteiger partial charge in [-0.15, -0.1) is 0 Å². The van der Waals surface area contributed by atoms with Crippen LogP contribution in [0.5, 0.6) is 0 Å². The van der Waals surface area contributed by atoms with Crippen molar-refractivity contribution >= 4 is 15.7 Å². The Labute approximate surface area is 115 Å². The van der Waals surface area contributed by atoms with Gasteiger partial charge in [-0.1, -0.05) is 13.3 Å². The lowest BCUT2D eigenvalue weighted by molar-refractivity contribution is 0.166. The first kappa shape index (κ1) is 14.3. The lowest BCUT2D eigenvalue weighted by Crippen LogP contribution is -2.39. The van der Waals surface area contributed by atoms with Crippen molar-refractivity contribution in [3.63, 3.8) is 0 Å². The molecule has 1 aromatic rings. The molecule has 0 spiro atoms. The fourth-order valence-corrected chi connectivity index (χ4v) is 3.64. The summed E-state index contributed by atoms with van der Waals surface area (Å²) in [5, 5.41) is 0. The van der Waals surface area contributed by atoms with Crippen molar-refractivity contribution in [1.82, 2.24) is 4.72 Å². The lowest BCUT2D eigenvalue weighted by Gasteiger charge is -2.38. The summed E-state index contributed by atoms with van der Waals surface area (Å²) in [5.41, 5.74) is 8.33. The van der Waals surface area contributed by atoms with Gasteiger partial charge in [0, 0.05) is 12.2 Å². The Morgan fingerprint density at radius 3 is 2.42 bits per heavy atom. The maximum absolute atomic E-state index is 12.3. The molecule has 5 heteroatoms. The van der Waals surface area contributed by atoms with Crippen molar-refractivity contribution in [3.05, 3.63) is 23.3 Å². The van der Waals surface area contributed by atoms with Crippen molar-refractivity contribution in [2.45, 2.75) is 44.9 Å². The third-order valence-corrected chi connectivity index (χ3v) is 5.62.